The Kier molecular flexibility index (Phi) is 8.83. The van der Waals surface area contributed by atoms with E-state index in [1.54, 1.807) is 13.0 Å². The molecule has 8 bridgehead atoms. The SMILES string of the molecule is C=Cc1c(C)c2cc3nc(c(CC(=O)OC)c4[nH]c(cc5nc(cc1[nH]2)C(C)=C5CC)c(C)c4C(=O)O)[C@@H](/C=C/C(=O)OC)[C@@H]3C. The number of hydrogen-bond acceptors (Lipinski definition) is 7. The number of methoxy groups -OCH3 is 2. The summed E-state index contributed by atoms with van der Waals surface area (Å²) in [7, 11) is 2.57. The van der Waals surface area contributed by atoms with Gasteiger partial charge in [-0.15, -0.1) is 0 Å². The van der Waals surface area contributed by atoms with Gasteiger partial charge >= 0.3 is 17.9 Å². The van der Waals surface area contributed by atoms with Crippen LogP contribution in [-0.2, 0) is 25.5 Å². The second kappa shape index (κ2) is 12.6. The number of carbonyl (C=O) groups excluding carboxylic acids is 2. The molecule has 10 heteroatoms. The van der Waals surface area contributed by atoms with Crippen molar-refractivity contribution in [3.05, 3.63) is 87.5 Å². The Morgan fingerprint density at radius 3 is 2.30 bits per heavy atom. The van der Waals surface area contributed by atoms with Gasteiger partial charge in [0.1, 0.15) is 0 Å². The summed E-state index contributed by atoms with van der Waals surface area (Å²) in [5.41, 5.74) is 9.96. The smallest absolute Gasteiger partial charge is 0.338 e. The molecule has 0 amide bonds. The fourth-order valence-corrected chi connectivity index (χ4v) is 6.38. The number of nitrogens with one attached hydrogen (secondary N) is 2. The van der Waals surface area contributed by atoms with Crippen LogP contribution in [0.5, 0.6) is 0 Å². The lowest BCUT2D eigenvalue weighted by atomic mass is 9.88. The number of allylic oxidation sites excluding steroid dienone is 3. The zero-order valence-corrected chi connectivity index (χ0v) is 27.1. The molecular weight excluding hydrogens is 584 g/mol. The van der Waals surface area contributed by atoms with Gasteiger partial charge in [0.15, 0.2) is 0 Å². The third kappa shape index (κ3) is 5.55. The van der Waals surface area contributed by atoms with Crippen molar-refractivity contribution in [1.29, 1.82) is 0 Å². The van der Waals surface area contributed by atoms with E-state index in [0.29, 0.717) is 28.0 Å². The highest BCUT2D eigenvalue weighted by atomic mass is 16.5. The van der Waals surface area contributed by atoms with Crippen molar-refractivity contribution in [3.63, 3.8) is 0 Å². The average Bonchev–Trinajstić information content (AvgIpc) is 3.71. The van der Waals surface area contributed by atoms with Crippen molar-refractivity contribution < 1.29 is 29.0 Å². The topological polar surface area (TPSA) is 147 Å². The minimum atomic E-state index is -1.16. The molecule has 3 aromatic heterocycles. The van der Waals surface area contributed by atoms with E-state index in [0.717, 1.165) is 51.1 Å². The maximum Gasteiger partial charge on any atom is 0.338 e. The van der Waals surface area contributed by atoms with E-state index >= 15 is 0 Å². The van der Waals surface area contributed by atoms with E-state index in [-0.39, 0.29) is 23.4 Å². The maximum absolute atomic E-state index is 12.9. The molecule has 5 rings (SSSR count). The number of aryl methyl sites for hydroxylation is 2. The molecule has 0 radical (unpaired) electrons. The van der Waals surface area contributed by atoms with Crippen LogP contribution in [0.3, 0.4) is 0 Å². The Morgan fingerprint density at radius 2 is 1.67 bits per heavy atom. The van der Waals surface area contributed by atoms with Crippen LogP contribution in [0.1, 0.15) is 94.4 Å². The number of H-pyrrole nitrogens is 2. The van der Waals surface area contributed by atoms with Crippen LogP contribution in [0.25, 0.3) is 39.3 Å². The number of esters is 2. The molecule has 10 nitrogen and oxygen atoms in total. The number of hydrogen-bond donors (Lipinski definition) is 3. The number of carboxylic acids is 1. The molecule has 5 heterocycles. The van der Waals surface area contributed by atoms with Crippen LogP contribution in [0.15, 0.2) is 36.9 Å². The second-order valence-electron chi connectivity index (χ2n) is 11.5. The molecule has 46 heavy (non-hydrogen) atoms. The predicted octanol–water partition coefficient (Wildman–Crippen LogP) is 6.95. The number of carboxylic acid groups (broad SMARTS) is 1. The van der Waals surface area contributed by atoms with Crippen LogP contribution in [0, 0.1) is 13.8 Å². The van der Waals surface area contributed by atoms with Crippen LogP contribution < -0.4 is 0 Å². The highest BCUT2D eigenvalue weighted by molar-refractivity contribution is 6.03. The maximum atomic E-state index is 12.9. The first kappa shape index (κ1) is 32.2. The summed E-state index contributed by atoms with van der Waals surface area (Å²) >= 11 is 0. The van der Waals surface area contributed by atoms with E-state index < -0.39 is 23.8 Å². The third-order valence-electron chi connectivity index (χ3n) is 9.04. The summed E-state index contributed by atoms with van der Waals surface area (Å²) in [5.74, 6) is -3.02. The number of fused-ring (bicyclic) bond motifs is 8. The summed E-state index contributed by atoms with van der Waals surface area (Å²) < 4.78 is 9.91. The summed E-state index contributed by atoms with van der Waals surface area (Å²) in [6.07, 6.45) is 5.29. The number of aromatic carboxylic acids is 1. The molecule has 0 spiro atoms. The molecule has 0 aromatic carbocycles. The van der Waals surface area contributed by atoms with Crippen molar-refractivity contribution in [2.75, 3.05) is 14.2 Å². The predicted molar refractivity (Wildman–Crippen MR) is 178 cm³/mol. The molecule has 0 saturated heterocycles. The number of rotatable bonds is 7. The zero-order valence-electron chi connectivity index (χ0n) is 27.1. The lowest BCUT2D eigenvalue weighted by molar-refractivity contribution is -0.139. The van der Waals surface area contributed by atoms with Crippen molar-refractivity contribution in [2.45, 2.75) is 59.3 Å². The van der Waals surface area contributed by atoms with Crippen LogP contribution >= 0.6 is 0 Å². The number of carbonyl (C=O) groups is 3. The van der Waals surface area contributed by atoms with Gasteiger partial charge in [0.25, 0.3) is 0 Å². The van der Waals surface area contributed by atoms with Gasteiger partial charge in [0.2, 0.25) is 0 Å². The van der Waals surface area contributed by atoms with E-state index in [4.69, 9.17) is 19.4 Å². The summed E-state index contributed by atoms with van der Waals surface area (Å²) in [6.45, 7) is 13.9. The summed E-state index contributed by atoms with van der Waals surface area (Å²) in [4.78, 5) is 54.8. The van der Waals surface area contributed by atoms with Gasteiger partial charge in [-0.05, 0) is 67.7 Å². The van der Waals surface area contributed by atoms with Crippen molar-refractivity contribution in [2.24, 2.45) is 0 Å². The Labute approximate surface area is 266 Å². The van der Waals surface area contributed by atoms with E-state index in [2.05, 4.69) is 23.5 Å². The minimum absolute atomic E-state index is 0.0196. The molecular formula is C36H38N4O6. The van der Waals surface area contributed by atoms with Gasteiger partial charge in [0, 0.05) is 51.3 Å². The van der Waals surface area contributed by atoms with Gasteiger partial charge in [-0.1, -0.05) is 32.6 Å². The Bertz CT molecular complexity index is 2030. The summed E-state index contributed by atoms with van der Waals surface area (Å²) in [5, 5.41) is 10.5. The van der Waals surface area contributed by atoms with Crippen molar-refractivity contribution >= 4 is 57.2 Å². The molecule has 3 aromatic rings. The molecule has 2 atom stereocenters. The molecule has 2 aliphatic rings. The first-order chi connectivity index (χ1) is 21.9. The molecule has 2 aliphatic heterocycles. The van der Waals surface area contributed by atoms with Crippen molar-refractivity contribution in [3.8, 4) is 0 Å². The van der Waals surface area contributed by atoms with Gasteiger partial charge < -0.3 is 24.5 Å². The molecule has 0 saturated carbocycles. The average molecular weight is 623 g/mol. The van der Waals surface area contributed by atoms with Gasteiger partial charge in [-0.3, -0.25) is 9.78 Å². The lowest BCUT2D eigenvalue weighted by Gasteiger charge is -2.14. The molecule has 238 valence electrons. The van der Waals surface area contributed by atoms with Crippen LogP contribution in [-0.4, -0.2) is 57.2 Å². The lowest BCUT2D eigenvalue weighted by Crippen LogP contribution is -2.11. The van der Waals surface area contributed by atoms with Crippen LogP contribution in [0.4, 0.5) is 0 Å². The van der Waals surface area contributed by atoms with Gasteiger partial charge in [-0.2, -0.15) is 0 Å². The van der Waals surface area contributed by atoms with E-state index in [1.807, 2.05) is 45.0 Å². The largest absolute Gasteiger partial charge is 0.478 e. The minimum Gasteiger partial charge on any atom is -0.478 e. The number of aromatic nitrogens is 4. The number of aromatic amines is 2. The highest BCUT2D eigenvalue weighted by Gasteiger charge is 2.32. The Hall–Kier alpha value is -5.25. The standard InChI is InChI=1S/C36H38N4O6/c1-9-21-17(3)25-14-27-19(5)23(11-12-31(41)45-7)34(39-27)24(13-32(42)46-8)35-33(36(43)44)20(6)28(40-35)16-30-22(10-2)18(4)26(38-30)15-29(21)37-25/h9,11-12,14-16,19,23,37,40H,1,10,13H2,2-8H3,(H,43,44)/b12-11+,25-14?,26-15?,27-14?,28-16?,29-15?,30-16?,34-24?,35-24?/t19-,23-/m0/s1. The highest BCUT2D eigenvalue weighted by Crippen LogP contribution is 2.41. The number of nitrogens with zero attached hydrogens (tertiary/aromatic N) is 2. The second-order valence-corrected chi connectivity index (χ2v) is 11.5. The first-order valence-electron chi connectivity index (χ1n) is 15.1. The molecule has 0 aliphatic carbocycles. The zero-order chi connectivity index (χ0) is 33.4. The Morgan fingerprint density at radius 1 is 0.978 bits per heavy atom. The van der Waals surface area contributed by atoms with E-state index in [9.17, 15) is 19.5 Å². The number of ether oxygens (including phenoxy) is 2. The molecule has 0 fully saturated rings. The van der Waals surface area contributed by atoms with Gasteiger partial charge in [0.05, 0.1) is 48.8 Å². The monoisotopic (exact) mass is 622 g/mol. The van der Waals surface area contributed by atoms with Crippen LogP contribution in [0.2, 0.25) is 0 Å². The van der Waals surface area contributed by atoms with Crippen molar-refractivity contribution in [1.82, 2.24) is 19.9 Å². The fraction of sp³-hybridized carbons (Fsp3) is 0.306. The van der Waals surface area contributed by atoms with Gasteiger partial charge in [-0.25, -0.2) is 14.6 Å². The third-order valence-corrected chi connectivity index (χ3v) is 9.04. The van der Waals surface area contributed by atoms with E-state index in [1.165, 1.54) is 20.3 Å². The quantitative estimate of drug-likeness (QED) is 0.190. The molecule has 3 N–H and O–H groups in total. The Balaban J connectivity index is 2.05. The fourth-order valence-electron chi connectivity index (χ4n) is 6.38. The first-order valence-corrected chi connectivity index (χ1v) is 15.1. The normalized spacial score (nSPS) is 16.2. The molecule has 0 unspecified atom stereocenters. The summed E-state index contributed by atoms with van der Waals surface area (Å²) in [6, 6.07) is 5.81.